The number of hydrogen-bond acceptors (Lipinski definition) is 6. The second-order valence-electron chi connectivity index (χ2n) is 3.38. The molecule has 0 saturated carbocycles. The van der Waals surface area contributed by atoms with Crippen molar-refractivity contribution in [1.29, 1.82) is 0 Å². The summed E-state index contributed by atoms with van der Waals surface area (Å²) in [6, 6.07) is 4.28. The first kappa shape index (κ1) is 13.7. The molecule has 98 valence electrons. The highest BCUT2D eigenvalue weighted by Gasteiger charge is 2.11. The molecule has 1 heterocycles. The summed E-state index contributed by atoms with van der Waals surface area (Å²) in [5, 5.41) is 25.6. The van der Waals surface area contributed by atoms with Crippen LogP contribution in [0, 0.1) is 14.1 Å². The molecule has 2 aromatic rings. The molecule has 0 amide bonds. The maximum Gasteiger partial charge on any atom is 0.288 e. The van der Waals surface area contributed by atoms with E-state index in [9.17, 15) is 15.2 Å². The minimum Gasteiger partial charge on any atom is -0.493 e. The first-order valence-corrected chi connectivity index (χ1v) is 6.53. The molecule has 0 spiro atoms. The molecule has 6 nitrogen and oxygen atoms in total. The molecule has 1 N–H and O–H groups in total. The number of aromatic hydroxyl groups is 1. The summed E-state index contributed by atoms with van der Waals surface area (Å²) >= 11 is 11.8. The number of rotatable bonds is 3. The number of aromatic nitrogens is 1. The summed E-state index contributed by atoms with van der Waals surface area (Å²) < 4.78 is 1.53. The quantitative estimate of drug-likeness (QED) is 0.407. The lowest BCUT2D eigenvalue weighted by atomic mass is 10.2. The Morgan fingerprint density at radius 3 is 2.89 bits per heavy atom. The van der Waals surface area contributed by atoms with Gasteiger partial charge < -0.3 is 5.11 Å². The van der Waals surface area contributed by atoms with Crippen LogP contribution in [-0.2, 0) is 0 Å². The second-order valence-corrected chi connectivity index (χ2v) is 5.29. The van der Waals surface area contributed by atoms with Crippen LogP contribution in [0.4, 0.5) is 5.69 Å². The van der Waals surface area contributed by atoms with Crippen molar-refractivity contribution in [3.05, 3.63) is 48.2 Å². The summed E-state index contributed by atoms with van der Waals surface area (Å²) in [5.74, 6) is -0.0882. The van der Waals surface area contributed by atoms with Gasteiger partial charge in [0.15, 0.2) is 3.95 Å². The number of halogens is 1. The van der Waals surface area contributed by atoms with Crippen LogP contribution < -0.4 is 0 Å². The fourth-order valence-electron chi connectivity index (χ4n) is 1.28. The van der Waals surface area contributed by atoms with Crippen molar-refractivity contribution >= 4 is 47.1 Å². The average molecular weight is 316 g/mol. The van der Waals surface area contributed by atoms with Crippen molar-refractivity contribution < 1.29 is 10.0 Å². The number of benzene rings is 1. The molecule has 0 fully saturated rings. The van der Waals surface area contributed by atoms with Crippen LogP contribution in [-0.4, -0.2) is 20.9 Å². The first-order chi connectivity index (χ1) is 8.99. The van der Waals surface area contributed by atoms with Crippen molar-refractivity contribution in [3.8, 4) is 5.88 Å². The molecule has 0 saturated heterocycles. The van der Waals surface area contributed by atoms with Gasteiger partial charge in [-0.3, -0.25) is 10.1 Å². The largest absolute Gasteiger partial charge is 0.493 e. The summed E-state index contributed by atoms with van der Waals surface area (Å²) in [5.41, 5.74) is 0.271. The minimum absolute atomic E-state index is 0.0529. The smallest absolute Gasteiger partial charge is 0.288 e. The number of nitro benzene ring substituents is 1. The molecule has 0 bridgehead atoms. The zero-order valence-electron chi connectivity index (χ0n) is 9.19. The van der Waals surface area contributed by atoms with Crippen molar-refractivity contribution in [2.75, 3.05) is 0 Å². The lowest BCUT2D eigenvalue weighted by molar-refractivity contribution is -0.384. The molecule has 0 unspecified atom stereocenters. The SMILES string of the molecule is O=[N+]([O-])c1cc(/C=N/n2c(O)csc2=S)ccc1Cl. The monoisotopic (exact) mass is 315 g/mol. The lowest BCUT2D eigenvalue weighted by Crippen LogP contribution is -1.93. The summed E-state index contributed by atoms with van der Waals surface area (Å²) in [4.78, 5) is 10.2. The highest BCUT2D eigenvalue weighted by Crippen LogP contribution is 2.24. The van der Waals surface area contributed by atoms with E-state index in [0.29, 0.717) is 9.52 Å². The van der Waals surface area contributed by atoms with E-state index in [0.717, 1.165) is 16.0 Å². The summed E-state index contributed by atoms with van der Waals surface area (Å²) in [6.45, 7) is 0. The topological polar surface area (TPSA) is 80.7 Å². The van der Waals surface area contributed by atoms with Crippen LogP contribution in [0.25, 0.3) is 0 Å². The zero-order chi connectivity index (χ0) is 14.0. The molecule has 9 heteroatoms. The third-order valence-electron chi connectivity index (χ3n) is 2.14. The van der Waals surface area contributed by atoms with Gasteiger partial charge in [0.05, 0.1) is 16.5 Å². The Morgan fingerprint density at radius 1 is 1.58 bits per heavy atom. The van der Waals surface area contributed by atoms with Crippen LogP contribution in [0.1, 0.15) is 5.56 Å². The fourth-order valence-corrected chi connectivity index (χ4v) is 2.30. The Kier molecular flexibility index (Phi) is 3.93. The zero-order valence-corrected chi connectivity index (χ0v) is 11.6. The predicted molar refractivity (Wildman–Crippen MR) is 75.9 cm³/mol. The molecule has 0 aliphatic carbocycles. The molecular formula is C10H6ClN3O3S2. The third-order valence-corrected chi connectivity index (χ3v) is 3.63. The number of nitro groups is 1. The van der Waals surface area contributed by atoms with Gasteiger partial charge in [0, 0.05) is 11.6 Å². The van der Waals surface area contributed by atoms with Gasteiger partial charge in [0.25, 0.3) is 5.69 Å². The molecule has 2 rings (SSSR count). The predicted octanol–water partition coefficient (Wildman–Crippen LogP) is 3.43. The van der Waals surface area contributed by atoms with E-state index in [-0.39, 0.29) is 16.6 Å². The van der Waals surface area contributed by atoms with Crippen molar-refractivity contribution in [2.45, 2.75) is 0 Å². The van der Waals surface area contributed by atoms with E-state index in [4.69, 9.17) is 23.8 Å². The molecule has 19 heavy (non-hydrogen) atoms. The molecule has 1 aromatic carbocycles. The normalized spacial score (nSPS) is 11.0. The van der Waals surface area contributed by atoms with Gasteiger partial charge in [0.2, 0.25) is 5.88 Å². The van der Waals surface area contributed by atoms with Crippen LogP contribution in [0.3, 0.4) is 0 Å². The van der Waals surface area contributed by atoms with Crippen molar-refractivity contribution in [2.24, 2.45) is 5.10 Å². The van der Waals surface area contributed by atoms with Gasteiger partial charge >= 0.3 is 0 Å². The first-order valence-electron chi connectivity index (χ1n) is 4.87. The summed E-state index contributed by atoms with van der Waals surface area (Å²) in [7, 11) is 0. The second kappa shape index (κ2) is 5.47. The van der Waals surface area contributed by atoms with Gasteiger partial charge in [-0.25, -0.2) is 0 Å². The van der Waals surface area contributed by atoms with E-state index in [1.165, 1.54) is 23.7 Å². The van der Waals surface area contributed by atoms with Crippen LogP contribution in [0.2, 0.25) is 5.02 Å². The average Bonchev–Trinajstić information content (AvgIpc) is 2.68. The van der Waals surface area contributed by atoms with Gasteiger partial charge in [-0.15, -0.1) is 11.3 Å². The van der Waals surface area contributed by atoms with Crippen molar-refractivity contribution in [3.63, 3.8) is 0 Å². The van der Waals surface area contributed by atoms with Crippen LogP contribution >= 0.6 is 35.2 Å². The van der Waals surface area contributed by atoms with Gasteiger partial charge in [-0.05, 0) is 18.3 Å². The third kappa shape index (κ3) is 2.98. The Bertz CT molecular complexity index is 723. The number of hydrogen-bond donors (Lipinski definition) is 1. The molecule has 0 aliphatic heterocycles. The minimum atomic E-state index is -0.576. The number of thiazole rings is 1. The fraction of sp³-hybridized carbons (Fsp3) is 0. The van der Waals surface area contributed by atoms with E-state index < -0.39 is 4.92 Å². The molecule has 0 atom stereocenters. The van der Waals surface area contributed by atoms with Gasteiger partial charge in [-0.1, -0.05) is 17.7 Å². The van der Waals surface area contributed by atoms with Crippen molar-refractivity contribution in [1.82, 2.24) is 4.68 Å². The van der Waals surface area contributed by atoms with E-state index in [1.807, 2.05) is 0 Å². The molecule has 0 aliphatic rings. The maximum atomic E-state index is 10.7. The van der Waals surface area contributed by atoms with E-state index in [1.54, 1.807) is 6.07 Å². The molecular weight excluding hydrogens is 310 g/mol. The Labute approximate surface area is 121 Å². The Hall–Kier alpha value is -1.77. The van der Waals surface area contributed by atoms with Gasteiger partial charge in [-0.2, -0.15) is 9.78 Å². The standard InChI is InChI=1S/C10H6ClN3O3S2/c11-7-2-1-6(3-8(7)14(16)17)4-12-13-9(15)5-19-10(13)18/h1-5,15H/b12-4+. The van der Waals surface area contributed by atoms with E-state index in [2.05, 4.69) is 5.10 Å². The van der Waals surface area contributed by atoms with Crippen LogP contribution in [0.5, 0.6) is 5.88 Å². The number of nitrogens with zero attached hydrogens (tertiary/aromatic N) is 3. The van der Waals surface area contributed by atoms with E-state index >= 15 is 0 Å². The van der Waals surface area contributed by atoms with Gasteiger partial charge in [0.1, 0.15) is 5.02 Å². The molecule has 1 aromatic heterocycles. The summed E-state index contributed by atoms with van der Waals surface area (Å²) in [6.07, 6.45) is 1.35. The molecule has 0 radical (unpaired) electrons. The van der Waals surface area contributed by atoms with Crippen LogP contribution in [0.15, 0.2) is 28.7 Å². The Morgan fingerprint density at radius 2 is 2.32 bits per heavy atom. The Balaban J connectivity index is 2.37. The maximum absolute atomic E-state index is 10.7. The highest BCUT2D eigenvalue weighted by molar-refractivity contribution is 7.73. The highest BCUT2D eigenvalue weighted by atomic mass is 35.5. The lowest BCUT2D eigenvalue weighted by Gasteiger charge is -1.98.